The van der Waals surface area contributed by atoms with Crippen molar-refractivity contribution in [1.29, 1.82) is 0 Å². The van der Waals surface area contributed by atoms with Crippen molar-refractivity contribution in [3.63, 3.8) is 0 Å². The molecule has 0 atom stereocenters. The highest BCUT2D eigenvalue weighted by Gasteiger charge is 2.41. The summed E-state index contributed by atoms with van der Waals surface area (Å²) >= 11 is 0. The van der Waals surface area contributed by atoms with Crippen LogP contribution in [-0.4, -0.2) is 23.8 Å². The standard InChI is InChI=1S/C15H10N2O5/c1-22-10-5-2-4-9(8-10)16-14(18)11-6-3-7-12(17(20)21)13(11)15(16)19/h2-8H,1H3. The lowest BCUT2D eigenvalue weighted by molar-refractivity contribution is -0.385. The molecule has 22 heavy (non-hydrogen) atoms. The second-order valence-corrected chi connectivity index (χ2v) is 4.60. The number of rotatable bonds is 3. The molecule has 2 amide bonds. The van der Waals surface area contributed by atoms with Crippen molar-refractivity contribution in [2.75, 3.05) is 12.0 Å². The smallest absolute Gasteiger partial charge is 0.283 e. The van der Waals surface area contributed by atoms with E-state index < -0.39 is 16.7 Å². The highest BCUT2D eigenvalue weighted by Crippen LogP contribution is 2.34. The Morgan fingerprint density at radius 3 is 2.50 bits per heavy atom. The van der Waals surface area contributed by atoms with E-state index in [1.807, 2.05) is 0 Å². The van der Waals surface area contributed by atoms with E-state index in [1.54, 1.807) is 18.2 Å². The van der Waals surface area contributed by atoms with Crippen LogP contribution in [-0.2, 0) is 0 Å². The third-order valence-corrected chi connectivity index (χ3v) is 3.40. The van der Waals surface area contributed by atoms with Gasteiger partial charge in [0, 0.05) is 12.1 Å². The Kier molecular flexibility index (Phi) is 3.10. The zero-order valence-electron chi connectivity index (χ0n) is 11.5. The predicted molar refractivity (Wildman–Crippen MR) is 77.2 cm³/mol. The fourth-order valence-corrected chi connectivity index (χ4v) is 2.40. The van der Waals surface area contributed by atoms with Gasteiger partial charge in [0.05, 0.1) is 23.3 Å². The van der Waals surface area contributed by atoms with Crippen molar-refractivity contribution in [3.8, 4) is 5.75 Å². The van der Waals surface area contributed by atoms with Crippen molar-refractivity contribution in [1.82, 2.24) is 0 Å². The third-order valence-electron chi connectivity index (χ3n) is 3.40. The van der Waals surface area contributed by atoms with Crippen LogP contribution < -0.4 is 9.64 Å². The molecule has 0 N–H and O–H groups in total. The van der Waals surface area contributed by atoms with Crippen molar-refractivity contribution in [3.05, 3.63) is 63.7 Å². The van der Waals surface area contributed by atoms with E-state index in [4.69, 9.17) is 4.74 Å². The fraction of sp³-hybridized carbons (Fsp3) is 0.0667. The van der Waals surface area contributed by atoms with Crippen molar-refractivity contribution < 1.29 is 19.2 Å². The molecule has 0 fully saturated rings. The van der Waals surface area contributed by atoms with Crippen LogP contribution in [0.15, 0.2) is 42.5 Å². The summed E-state index contributed by atoms with van der Waals surface area (Å²) in [6.45, 7) is 0. The molecule has 2 aromatic rings. The van der Waals surface area contributed by atoms with Crippen LogP contribution in [0.2, 0.25) is 0 Å². The number of nitro groups is 1. The van der Waals surface area contributed by atoms with Gasteiger partial charge in [-0.15, -0.1) is 0 Å². The molecule has 0 aromatic heterocycles. The number of methoxy groups -OCH3 is 1. The van der Waals surface area contributed by atoms with Gasteiger partial charge in [0.2, 0.25) is 0 Å². The lowest BCUT2D eigenvalue weighted by Crippen LogP contribution is -2.29. The molecular formula is C15H10N2O5. The van der Waals surface area contributed by atoms with E-state index >= 15 is 0 Å². The minimum absolute atomic E-state index is 0.0296. The average molecular weight is 298 g/mol. The number of nitrogens with zero attached hydrogens (tertiary/aromatic N) is 2. The highest BCUT2D eigenvalue weighted by molar-refractivity contribution is 6.35. The molecule has 0 bridgehead atoms. The Morgan fingerprint density at radius 2 is 1.82 bits per heavy atom. The molecule has 0 radical (unpaired) electrons. The van der Waals surface area contributed by atoms with Crippen LogP contribution in [0.3, 0.4) is 0 Å². The monoisotopic (exact) mass is 298 g/mol. The minimum atomic E-state index is -0.708. The summed E-state index contributed by atoms with van der Waals surface area (Å²) in [6.07, 6.45) is 0. The first-order chi connectivity index (χ1) is 10.5. The van der Waals surface area contributed by atoms with E-state index in [0.29, 0.717) is 11.4 Å². The largest absolute Gasteiger partial charge is 0.497 e. The van der Waals surface area contributed by atoms with Gasteiger partial charge in [0.25, 0.3) is 17.5 Å². The summed E-state index contributed by atoms with van der Waals surface area (Å²) in [7, 11) is 1.46. The normalized spacial score (nSPS) is 13.2. The number of hydrogen-bond acceptors (Lipinski definition) is 5. The van der Waals surface area contributed by atoms with Crippen LogP contribution in [0.4, 0.5) is 11.4 Å². The number of carbonyl (C=O) groups excluding carboxylic acids is 2. The highest BCUT2D eigenvalue weighted by atomic mass is 16.6. The number of carbonyl (C=O) groups is 2. The summed E-state index contributed by atoms with van der Waals surface area (Å²) in [5, 5.41) is 11.1. The summed E-state index contributed by atoms with van der Waals surface area (Å²) in [5.41, 5.74) is -0.219. The van der Waals surface area contributed by atoms with E-state index in [2.05, 4.69) is 0 Å². The maximum atomic E-state index is 12.5. The van der Waals surface area contributed by atoms with Crippen molar-refractivity contribution in [2.24, 2.45) is 0 Å². The lowest BCUT2D eigenvalue weighted by Gasteiger charge is -2.14. The quantitative estimate of drug-likeness (QED) is 0.493. The van der Waals surface area contributed by atoms with Gasteiger partial charge in [-0.25, -0.2) is 4.90 Å². The number of ether oxygens (including phenoxy) is 1. The second-order valence-electron chi connectivity index (χ2n) is 4.60. The number of nitro benzene ring substituents is 1. The SMILES string of the molecule is COc1cccc(N2C(=O)c3cccc([N+](=O)[O-])c3C2=O)c1. The topological polar surface area (TPSA) is 89.8 Å². The van der Waals surface area contributed by atoms with E-state index in [1.165, 1.54) is 31.4 Å². The van der Waals surface area contributed by atoms with Gasteiger partial charge < -0.3 is 4.74 Å². The van der Waals surface area contributed by atoms with Gasteiger partial charge in [0.15, 0.2) is 0 Å². The number of fused-ring (bicyclic) bond motifs is 1. The maximum absolute atomic E-state index is 12.5. The Hall–Kier alpha value is -3.22. The zero-order valence-corrected chi connectivity index (χ0v) is 11.5. The van der Waals surface area contributed by atoms with Crippen LogP contribution in [0.5, 0.6) is 5.75 Å². The van der Waals surface area contributed by atoms with E-state index in [0.717, 1.165) is 4.90 Å². The van der Waals surface area contributed by atoms with E-state index in [-0.39, 0.29) is 16.8 Å². The van der Waals surface area contributed by atoms with E-state index in [9.17, 15) is 19.7 Å². The van der Waals surface area contributed by atoms with Gasteiger partial charge in [-0.05, 0) is 18.2 Å². The molecule has 7 nitrogen and oxygen atoms in total. The molecule has 0 spiro atoms. The third kappa shape index (κ3) is 1.91. The molecule has 2 aromatic carbocycles. The first kappa shape index (κ1) is 13.7. The molecular weight excluding hydrogens is 288 g/mol. The number of benzene rings is 2. The van der Waals surface area contributed by atoms with Crippen LogP contribution in [0.25, 0.3) is 0 Å². The lowest BCUT2D eigenvalue weighted by atomic mass is 10.1. The first-order valence-electron chi connectivity index (χ1n) is 6.35. The minimum Gasteiger partial charge on any atom is -0.497 e. The molecule has 1 heterocycles. The average Bonchev–Trinajstić information content (AvgIpc) is 2.79. The van der Waals surface area contributed by atoms with Gasteiger partial charge in [0.1, 0.15) is 11.3 Å². The Morgan fingerprint density at radius 1 is 1.09 bits per heavy atom. The van der Waals surface area contributed by atoms with Gasteiger partial charge in [-0.2, -0.15) is 0 Å². The summed E-state index contributed by atoms with van der Waals surface area (Å²) in [5.74, 6) is -0.818. The molecule has 0 unspecified atom stereocenters. The predicted octanol–water partition coefficient (Wildman–Crippen LogP) is 2.40. The number of amides is 2. The number of hydrogen-bond donors (Lipinski definition) is 0. The van der Waals surface area contributed by atoms with Crippen LogP contribution in [0.1, 0.15) is 20.7 Å². The van der Waals surface area contributed by atoms with Crippen molar-refractivity contribution in [2.45, 2.75) is 0 Å². The molecule has 0 saturated carbocycles. The second kappa shape index (κ2) is 4.96. The molecule has 0 aliphatic carbocycles. The van der Waals surface area contributed by atoms with Crippen molar-refractivity contribution >= 4 is 23.2 Å². The molecule has 1 aliphatic heterocycles. The summed E-state index contributed by atoms with van der Waals surface area (Å²) in [4.78, 5) is 36.2. The molecule has 7 heteroatoms. The molecule has 0 saturated heterocycles. The fourth-order valence-electron chi connectivity index (χ4n) is 2.40. The Labute approximate surface area is 124 Å². The summed E-state index contributed by atoms with van der Waals surface area (Å²) < 4.78 is 5.07. The van der Waals surface area contributed by atoms with Gasteiger partial charge in [-0.3, -0.25) is 19.7 Å². The molecule has 110 valence electrons. The number of imide groups is 1. The van der Waals surface area contributed by atoms with Gasteiger partial charge >= 0.3 is 0 Å². The van der Waals surface area contributed by atoms with Crippen LogP contribution >= 0.6 is 0 Å². The first-order valence-corrected chi connectivity index (χ1v) is 6.35. The summed E-state index contributed by atoms with van der Waals surface area (Å²) in [6, 6.07) is 10.4. The number of anilines is 1. The van der Waals surface area contributed by atoms with Crippen LogP contribution in [0, 0.1) is 10.1 Å². The maximum Gasteiger partial charge on any atom is 0.283 e. The zero-order chi connectivity index (χ0) is 15.9. The Balaban J connectivity index is 2.14. The molecule has 1 aliphatic rings. The molecule has 3 rings (SSSR count). The Bertz CT molecular complexity index is 815. The van der Waals surface area contributed by atoms with Gasteiger partial charge in [-0.1, -0.05) is 12.1 Å².